The molecule has 1 aromatic heterocycles. The summed E-state index contributed by atoms with van der Waals surface area (Å²) in [5, 5.41) is 11.9. The zero-order valence-electron chi connectivity index (χ0n) is 7.68. The second kappa shape index (κ2) is 4.51. The van der Waals surface area contributed by atoms with E-state index in [-0.39, 0.29) is 5.37 Å². The molecule has 0 spiro atoms. The van der Waals surface area contributed by atoms with Crippen molar-refractivity contribution < 1.29 is 9.90 Å². The number of halogens is 1. The smallest absolute Gasteiger partial charge is 0.321 e. The molecular weight excluding hydrogens is 280 g/mol. The molecule has 6 heteroatoms. The van der Waals surface area contributed by atoms with E-state index in [2.05, 4.69) is 26.2 Å². The lowest BCUT2D eigenvalue weighted by Gasteiger charge is -2.10. The van der Waals surface area contributed by atoms with E-state index in [9.17, 15) is 4.79 Å². The van der Waals surface area contributed by atoms with E-state index in [1.54, 1.807) is 24.2 Å². The molecule has 80 valence electrons. The van der Waals surface area contributed by atoms with Gasteiger partial charge in [0.15, 0.2) is 0 Å². The van der Waals surface area contributed by atoms with E-state index in [0.717, 1.165) is 10.0 Å². The summed E-state index contributed by atoms with van der Waals surface area (Å²) in [4.78, 5) is 14.8. The quantitative estimate of drug-likeness (QED) is 0.866. The standard InChI is InChI=1S/C9H9BrN2O2S/c10-6-1-5(2-11-3-6)8-12-7(4-15-8)9(13)14/h1-3,7-8,12H,4H2,(H,13,14). The van der Waals surface area contributed by atoms with Gasteiger partial charge in [-0.1, -0.05) is 0 Å². The van der Waals surface area contributed by atoms with E-state index in [1.807, 2.05) is 6.07 Å². The first-order chi connectivity index (χ1) is 7.16. The van der Waals surface area contributed by atoms with Crippen LogP contribution in [0.25, 0.3) is 0 Å². The minimum absolute atomic E-state index is 0.0242. The SMILES string of the molecule is O=C(O)C1CSC(c2cncc(Br)c2)N1. The Morgan fingerprint density at radius 1 is 1.67 bits per heavy atom. The second-order valence-corrected chi connectivity index (χ2v) is 5.26. The second-order valence-electron chi connectivity index (χ2n) is 3.21. The number of carboxylic acids is 1. The highest BCUT2D eigenvalue weighted by atomic mass is 79.9. The molecule has 2 unspecified atom stereocenters. The van der Waals surface area contributed by atoms with Crippen LogP contribution in [0.5, 0.6) is 0 Å². The monoisotopic (exact) mass is 288 g/mol. The summed E-state index contributed by atoms with van der Waals surface area (Å²) in [5.74, 6) is -0.208. The fraction of sp³-hybridized carbons (Fsp3) is 0.333. The summed E-state index contributed by atoms with van der Waals surface area (Å²) >= 11 is 4.93. The van der Waals surface area contributed by atoms with Crippen molar-refractivity contribution in [3.8, 4) is 0 Å². The van der Waals surface area contributed by atoms with Crippen LogP contribution in [-0.2, 0) is 4.79 Å². The number of nitrogens with zero attached hydrogens (tertiary/aromatic N) is 1. The molecule has 0 radical (unpaired) electrons. The van der Waals surface area contributed by atoms with Crippen LogP contribution in [0, 0.1) is 0 Å². The van der Waals surface area contributed by atoms with Gasteiger partial charge in [0, 0.05) is 22.6 Å². The van der Waals surface area contributed by atoms with Gasteiger partial charge in [0.05, 0.1) is 5.37 Å². The first-order valence-electron chi connectivity index (χ1n) is 4.38. The number of carbonyl (C=O) groups is 1. The van der Waals surface area contributed by atoms with Crippen LogP contribution >= 0.6 is 27.7 Å². The molecular formula is C9H9BrN2O2S. The van der Waals surface area contributed by atoms with Crippen LogP contribution in [0.3, 0.4) is 0 Å². The molecule has 2 rings (SSSR count). The molecule has 1 saturated heterocycles. The van der Waals surface area contributed by atoms with Crippen LogP contribution in [0.2, 0.25) is 0 Å². The molecule has 1 aliphatic heterocycles. The number of aliphatic carboxylic acids is 1. The lowest BCUT2D eigenvalue weighted by atomic mass is 10.2. The van der Waals surface area contributed by atoms with Crippen molar-refractivity contribution in [3.05, 3.63) is 28.5 Å². The van der Waals surface area contributed by atoms with Gasteiger partial charge in [0.25, 0.3) is 0 Å². The van der Waals surface area contributed by atoms with Crippen molar-refractivity contribution in [1.82, 2.24) is 10.3 Å². The predicted octanol–water partition coefficient (Wildman–Crippen LogP) is 1.63. The summed E-state index contributed by atoms with van der Waals surface area (Å²) in [5.41, 5.74) is 0.998. The topological polar surface area (TPSA) is 62.2 Å². The summed E-state index contributed by atoms with van der Waals surface area (Å²) in [6.45, 7) is 0. The normalized spacial score (nSPS) is 25.4. The Morgan fingerprint density at radius 3 is 3.07 bits per heavy atom. The molecule has 1 fully saturated rings. The number of thioether (sulfide) groups is 1. The van der Waals surface area contributed by atoms with Crippen molar-refractivity contribution in [2.24, 2.45) is 0 Å². The molecule has 0 aliphatic carbocycles. The van der Waals surface area contributed by atoms with Gasteiger partial charge in [-0.2, -0.15) is 0 Å². The van der Waals surface area contributed by atoms with Crippen LogP contribution in [-0.4, -0.2) is 27.9 Å². The Kier molecular flexibility index (Phi) is 3.28. The first kappa shape index (κ1) is 10.9. The molecule has 2 atom stereocenters. The largest absolute Gasteiger partial charge is 0.480 e. The number of aromatic nitrogens is 1. The van der Waals surface area contributed by atoms with Gasteiger partial charge in [-0.25, -0.2) is 0 Å². The molecule has 0 amide bonds. The lowest BCUT2D eigenvalue weighted by molar-refractivity contribution is -0.138. The Balaban J connectivity index is 2.11. The summed E-state index contributed by atoms with van der Waals surface area (Å²) in [6, 6.07) is 1.49. The first-order valence-corrected chi connectivity index (χ1v) is 6.22. The van der Waals surface area contributed by atoms with Crippen molar-refractivity contribution >= 4 is 33.7 Å². The van der Waals surface area contributed by atoms with E-state index in [1.165, 1.54) is 0 Å². The zero-order chi connectivity index (χ0) is 10.8. The fourth-order valence-corrected chi connectivity index (χ4v) is 2.97. The van der Waals surface area contributed by atoms with Crippen LogP contribution in [0.15, 0.2) is 22.9 Å². The average Bonchev–Trinajstić information content (AvgIpc) is 2.66. The highest BCUT2D eigenvalue weighted by molar-refractivity contribution is 9.10. The van der Waals surface area contributed by atoms with Gasteiger partial charge in [0.1, 0.15) is 6.04 Å². The summed E-state index contributed by atoms with van der Waals surface area (Å²) in [6.07, 6.45) is 3.46. The van der Waals surface area contributed by atoms with E-state index in [0.29, 0.717) is 5.75 Å². The Bertz CT molecular complexity index is 388. The van der Waals surface area contributed by atoms with Gasteiger partial charge < -0.3 is 5.11 Å². The molecule has 1 aromatic rings. The maximum absolute atomic E-state index is 10.7. The number of hydrogen-bond acceptors (Lipinski definition) is 4. The van der Waals surface area contributed by atoms with E-state index >= 15 is 0 Å². The van der Waals surface area contributed by atoms with E-state index < -0.39 is 12.0 Å². The number of nitrogens with one attached hydrogen (secondary N) is 1. The summed E-state index contributed by atoms with van der Waals surface area (Å²) in [7, 11) is 0. The third-order valence-corrected chi connectivity index (χ3v) is 3.81. The molecule has 4 nitrogen and oxygen atoms in total. The lowest BCUT2D eigenvalue weighted by Crippen LogP contribution is -2.33. The zero-order valence-corrected chi connectivity index (χ0v) is 10.1. The minimum Gasteiger partial charge on any atom is -0.480 e. The predicted molar refractivity (Wildman–Crippen MR) is 61.7 cm³/mol. The Morgan fingerprint density at radius 2 is 2.47 bits per heavy atom. The molecule has 1 aliphatic rings. The van der Waals surface area contributed by atoms with Gasteiger partial charge in [-0.15, -0.1) is 11.8 Å². The number of pyridine rings is 1. The third kappa shape index (κ3) is 2.50. The van der Waals surface area contributed by atoms with Gasteiger partial charge in [0.2, 0.25) is 0 Å². The molecule has 0 aromatic carbocycles. The maximum Gasteiger partial charge on any atom is 0.321 e. The molecule has 15 heavy (non-hydrogen) atoms. The van der Waals surface area contributed by atoms with Crippen molar-refractivity contribution in [2.45, 2.75) is 11.4 Å². The third-order valence-electron chi connectivity index (χ3n) is 2.11. The van der Waals surface area contributed by atoms with Gasteiger partial charge in [-0.05, 0) is 27.6 Å². The number of rotatable bonds is 2. The average molecular weight is 289 g/mol. The highest BCUT2D eigenvalue weighted by Gasteiger charge is 2.30. The van der Waals surface area contributed by atoms with E-state index in [4.69, 9.17) is 5.11 Å². The Labute approximate surface area is 99.6 Å². The summed E-state index contributed by atoms with van der Waals surface area (Å²) < 4.78 is 0.904. The molecule has 0 saturated carbocycles. The Hall–Kier alpha value is -0.590. The van der Waals surface area contributed by atoms with Crippen LogP contribution in [0.1, 0.15) is 10.9 Å². The van der Waals surface area contributed by atoms with Crippen LogP contribution in [0.4, 0.5) is 0 Å². The van der Waals surface area contributed by atoms with Crippen molar-refractivity contribution in [2.75, 3.05) is 5.75 Å². The van der Waals surface area contributed by atoms with Crippen LogP contribution < -0.4 is 5.32 Å². The molecule has 2 heterocycles. The number of hydrogen-bond donors (Lipinski definition) is 2. The van der Waals surface area contributed by atoms with Crippen molar-refractivity contribution in [1.29, 1.82) is 0 Å². The maximum atomic E-state index is 10.7. The minimum atomic E-state index is -0.798. The molecule has 0 bridgehead atoms. The van der Waals surface area contributed by atoms with Crippen molar-refractivity contribution in [3.63, 3.8) is 0 Å². The molecule has 2 N–H and O–H groups in total. The fourth-order valence-electron chi connectivity index (χ4n) is 1.38. The van der Waals surface area contributed by atoms with Gasteiger partial charge in [-0.3, -0.25) is 15.1 Å². The highest BCUT2D eigenvalue weighted by Crippen LogP contribution is 2.33. The van der Waals surface area contributed by atoms with Gasteiger partial charge >= 0.3 is 5.97 Å². The number of carboxylic acid groups (broad SMARTS) is 1.